The minimum Gasteiger partial charge on any atom is -0.341 e. The fourth-order valence-electron chi connectivity index (χ4n) is 4.29. The summed E-state index contributed by atoms with van der Waals surface area (Å²) in [5.74, 6) is -2.78. The third-order valence-corrected chi connectivity index (χ3v) is 5.76. The molecule has 34 heavy (non-hydrogen) atoms. The van der Waals surface area contributed by atoms with Crippen LogP contribution in [-0.2, 0) is 17.4 Å². The van der Waals surface area contributed by atoms with E-state index in [0.29, 0.717) is 35.0 Å². The molecule has 1 unspecified atom stereocenters. The van der Waals surface area contributed by atoms with Crippen molar-refractivity contribution in [3.8, 4) is 0 Å². The van der Waals surface area contributed by atoms with Crippen LogP contribution in [-0.4, -0.2) is 17.7 Å². The summed E-state index contributed by atoms with van der Waals surface area (Å²) >= 11 is 0. The summed E-state index contributed by atoms with van der Waals surface area (Å²) in [5, 5.41) is 8.11. The van der Waals surface area contributed by atoms with Crippen LogP contribution >= 0.6 is 0 Å². The molecule has 0 spiro atoms. The molecule has 2 aliphatic heterocycles. The lowest BCUT2D eigenvalue weighted by Gasteiger charge is -2.19. The van der Waals surface area contributed by atoms with Gasteiger partial charge in [0.15, 0.2) is 0 Å². The lowest BCUT2D eigenvalue weighted by Crippen LogP contribution is -2.21. The summed E-state index contributed by atoms with van der Waals surface area (Å²) < 4.78 is 53.0. The maximum Gasteiger partial charge on any atom is 0.416 e. The van der Waals surface area contributed by atoms with Gasteiger partial charge in [-0.3, -0.25) is 14.4 Å². The highest BCUT2D eigenvalue weighted by Crippen LogP contribution is 2.41. The Kier molecular flexibility index (Phi) is 4.89. The Morgan fingerprint density at radius 2 is 1.79 bits per heavy atom. The first-order valence-corrected chi connectivity index (χ1v) is 10.2. The average molecular weight is 469 g/mol. The number of amides is 3. The number of carbonyl (C=O) groups excluding carboxylic acids is 3. The van der Waals surface area contributed by atoms with Gasteiger partial charge in [0.05, 0.1) is 23.7 Å². The molecule has 2 aliphatic rings. The summed E-state index contributed by atoms with van der Waals surface area (Å²) in [6, 6.07) is 10.6. The van der Waals surface area contributed by atoms with Crippen LogP contribution in [0.25, 0.3) is 0 Å². The second-order valence-electron chi connectivity index (χ2n) is 7.96. The molecule has 0 saturated carbocycles. The number of para-hydroxylation sites is 1. The molecule has 10 heteroatoms. The topological polar surface area (TPSA) is 87.3 Å². The third-order valence-electron chi connectivity index (χ3n) is 5.76. The van der Waals surface area contributed by atoms with E-state index in [1.54, 1.807) is 24.3 Å². The van der Waals surface area contributed by atoms with Crippen LogP contribution in [0.3, 0.4) is 0 Å². The van der Waals surface area contributed by atoms with Crippen molar-refractivity contribution in [3.05, 3.63) is 93.8 Å². The van der Waals surface area contributed by atoms with Crippen LogP contribution in [0.4, 0.5) is 28.9 Å². The van der Waals surface area contributed by atoms with Gasteiger partial charge in [-0.05, 0) is 35.9 Å². The first-order chi connectivity index (χ1) is 16.1. The van der Waals surface area contributed by atoms with Crippen molar-refractivity contribution in [3.63, 3.8) is 0 Å². The number of benzene rings is 3. The minimum atomic E-state index is -4.83. The monoisotopic (exact) mass is 469 g/mol. The van der Waals surface area contributed by atoms with Gasteiger partial charge >= 0.3 is 6.18 Å². The SMILES string of the molecule is O=C1Cc2cccc(C3NC(=O)c4cccc(NC(=O)c5cc(F)cc(C(F)(F)F)c5)c43)c2N1. The van der Waals surface area contributed by atoms with Gasteiger partial charge < -0.3 is 16.0 Å². The number of halogens is 4. The Bertz CT molecular complexity index is 1380. The summed E-state index contributed by atoms with van der Waals surface area (Å²) in [7, 11) is 0. The normalized spacial score (nSPS) is 16.5. The number of carbonyl (C=O) groups is 3. The summed E-state index contributed by atoms with van der Waals surface area (Å²) in [4.78, 5) is 37.3. The molecular formula is C24H15F4N3O3. The predicted molar refractivity (Wildman–Crippen MR) is 114 cm³/mol. The highest BCUT2D eigenvalue weighted by Gasteiger charge is 2.36. The van der Waals surface area contributed by atoms with Crippen LogP contribution in [0.15, 0.2) is 54.6 Å². The number of fused-ring (bicyclic) bond motifs is 2. The van der Waals surface area contributed by atoms with Gasteiger partial charge in [0.1, 0.15) is 5.82 Å². The van der Waals surface area contributed by atoms with E-state index in [1.165, 1.54) is 12.1 Å². The first kappa shape index (κ1) is 21.6. The molecule has 172 valence electrons. The lowest BCUT2D eigenvalue weighted by atomic mass is 9.94. The van der Waals surface area contributed by atoms with Crippen LogP contribution in [0.1, 0.15) is 49.0 Å². The molecule has 0 aliphatic carbocycles. The Hall–Kier alpha value is -4.21. The van der Waals surface area contributed by atoms with Crippen LogP contribution < -0.4 is 16.0 Å². The zero-order valence-electron chi connectivity index (χ0n) is 17.2. The smallest absolute Gasteiger partial charge is 0.341 e. The van der Waals surface area contributed by atoms with Gasteiger partial charge in [0.25, 0.3) is 11.8 Å². The number of anilines is 2. The van der Waals surface area contributed by atoms with E-state index < -0.39 is 41.0 Å². The molecule has 0 bridgehead atoms. The molecule has 1 atom stereocenters. The van der Waals surface area contributed by atoms with Gasteiger partial charge in [-0.2, -0.15) is 13.2 Å². The van der Waals surface area contributed by atoms with E-state index in [-0.39, 0.29) is 23.6 Å². The molecule has 0 aromatic heterocycles. The Morgan fingerprint density at radius 3 is 2.56 bits per heavy atom. The van der Waals surface area contributed by atoms with Crippen molar-refractivity contribution in [1.29, 1.82) is 0 Å². The van der Waals surface area contributed by atoms with E-state index in [9.17, 15) is 31.9 Å². The van der Waals surface area contributed by atoms with Crippen LogP contribution in [0.5, 0.6) is 0 Å². The summed E-state index contributed by atoms with van der Waals surface area (Å²) in [6.07, 6.45) is -4.64. The van der Waals surface area contributed by atoms with Crippen molar-refractivity contribution in [1.82, 2.24) is 5.32 Å². The number of nitrogens with one attached hydrogen (secondary N) is 3. The third kappa shape index (κ3) is 3.66. The standard InChI is InChI=1S/C24H15F4N3O3/c25-14-8-12(7-13(10-14)24(26,27)28)22(33)29-17-6-2-4-15-19(17)21(31-23(15)34)16-5-1-3-11-9-18(32)30-20(11)16/h1-8,10,21H,9H2,(H,29,33)(H,30,32)(H,31,34). The number of hydrogen-bond donors (Lipinski definition) is 3. The second kappa shape index (κ2) is 7.68. The molecule has 3 aromatic rings. The van der Waals surface area contributed by atoms with Gasteiger partial charge in [0, 0.05) is 27.9 Å². The van der Waals surface area contributed by atoms with E-state index in [2.05, 4.69) is 16.0 Å². The van der Waals surface area contributed by atoms with Gasteiger partial charge in [-0.1, -0.05) is 24.3 Å². The van der Waals surface area contributed by atoms with Gasteiger partial charge in [-0.15, -0.1) is 0 Å². The van der Waals surface area contributed by atoms with E-state index in [4.69, 9.17) is 0 Å². The average Bonchev–Trinajstić information content (AvgIpc) is 3.32. The number of alkyl halides is 3. The highest BCUT2D eigenvalue weighted by atomic mass is 19.4. The largest absolute Gasteiger partial charge is 0.416 e. The lowest BCUT2D eigenvalue weighted by molar-refractivity contribution is -0.137. The molecule has 6 nitrogen and oxygen atoms in total. The quantitative estimate of drug-likeness (QED) is 0.497. The predicted octanol–water partition coefficient (Wildman–Crippen LogP) is 4.42. The van der Waals surface area contributed by atoms with Crippen molar-refractivity contribution < 1.29 is 31.9 Å². The highest BCUT2D eigenvalue weighted by molar-refractivity contribution is 6.08. The fourth-order valence-corrected chi connectivity index (χ4v) is 4.29. The molecule has 0 fully saturated rings. The molecule has 3 amide bonds. The molecule has 0 radical (unpaired) electrons. The number of hydrogen-bond acceptors (Lipinski definition) is 3. The summed E-state index contributed by atoms with van der Waals surface area (Å²) in [6.45, 7) is 0. The van der Waals surface area contributed by atoms with Crippen molar-refractivity contribution in [2.24, 2.45) is 0 Å². The van der Waals surface area contributed by atoms with E-state index >= 15 is 0 Å². The maximum atomic E-state index is 13.8. The molecule has 3 N–H and O–H groups in total. The van der Waals surface area contributed by atoms with Crippen molar-refractivity contribution >= 4 is 29.1 Å². The minimum absolute atomic E-state index is 0.172. The second-order valence-corrected chi connectivity index (χ2v) is 7.96. The molecule has 5 rings (SSSR count). The molecule has 3 aromatic carbocycles. The first-order valence-electron chi connectivity index (χ1n) is 10.2. The zero-order chi connectivity index (χ0) is 24.2. The zero-order valence-corrected chi connectivity index (χ0v) is 17.2. The van der Waals surface area contributed by atoms with Crippen molar-refractivity contribution in [2.75, 3.05) is 10.6 Å². The fraction of sp³-hybridized carbons (Fsp3) is 0.125. The maximum absolute atomic E-state index is 13.8. The van der Waals surface area contributed by atoms with Gasteiger partial charge in [-0.25, -0.2) is 4.39 Å². The Labute approximate surface area is 190 Å². The van der Waals surface area contributed by atoms with Crippen molar-refractivity contribution in [2.45, 2.75) is 18.6 Å². The molecule has 0 saturated heterocycles. The Balaban J connectivity index is 1.54. The number of rotatable bonds is 3. The van der Waals surface area contributed by atoms with Crippen LogP contribution in [0, 0.1) is 5.82 Å². The van der Waals surface area contributed by atoms with Gasteiger partial charge in [0.2, 0.25) is 5.91 Å². The molecular weight excluding hydrogens is 454 g/mol. The molecule has 2 heterocycles. The Morgan fingerprint density at radius 1 is 1.03 bits per heavy atom. The van der Waals surface area contributed by atoms with E-state index in [1.807, 2.05) is 0 Å². The van der Waals surface area contributed by atoms with Crippen LogP contribution in [0.2, 0.25) is 0 Å². The summed E-state index contributed by atoms with van der Waals surface area (Å²) in [5.41, 5.74) is 0.932. The van der Waals surface area contributed by atoms with E-state index in [0.717, 1.165) is 5.56 Å².